The van der Waals surface area contributed by atoms with Gasteiger partial charge in [0, 0.05) is 19.6 Å². The Hall–Kier alpha value is -1.55. The fraction of sp³-hybridized carbons (Fsp3) is 0.588. The molecule has 2 rings (SSSR count). The SMILES string of the molecule is CCCNC1CCc2c(OCC(=O)N(C)CC)cccc21. The molecule has 1 amide bonds. The van der Waals surface area contributed by atoms with Crippen molar-refractivity contribution >= 4 is 5.91 Å². The van der Waals surface area contributed by atoms with Gasteiger partial charge in [0.1, 0.15) is 5.75 Å². The molecule has 116 valence electrons. The first-order valence-corrected chi connectivity index (χ1v) is 7.89. The lowest BCUT2D eigenvalue weighted by molar-refractivity contribution is -0.131. The van der Waals surface area contributed by atoms with Crippen molar-refractivity contribution < 1.29 is 9.53 Å². The Bertz CT molecular complexity index is 488. The highest BCUT2D eigenvalue weighted by Crippen LogP contribution is 2.36. The van der Waals surface area contributed by atoms with Crippen LogP contribution in [0.1, 0.15) is 43.9 Å². The number of hydrogen-bond donors (Lipinski definition) is 1. The summed E-state index contributed by atoms with van der Waals surface area (Å²) < 4.78 is 5.77. The maximum Gasteiger partial charge on any atom is 0.260 e. The van der Waals surface area contributed by atoms with Crippen LogP contribution in [0.3, 0.4) is 0 Å². The van der Waals surface area contributed by atoms with E-state index in [1.807, 2.05) is 19.1 Å². The molecule has 1 aromatic rings. The number of fused-ring (bicyclic) bond motifs is 1. The number of likely N-dealkylation sites (N-methyl/N-ethyl adjacent to an activating group) is 1. The van der Waals surface area contributed by atoms with Gasteiger partial charge in [-0.05, 0) is 49.9 Å². The largest absolute Gasteiger partial charge is 0.483 e. The van der Waals surface area contributed by atoms with Gasteiger partial charge in [-0.1, -0.05) is 19.1 Å². The zero-order chi connectivity index (χ0) is 15.2. The quantitative estimate of drug-likeness (QED) is 0.839. The van der Waals surface area contributed by atoms with Crippen molar-refractivity contribution in [3.8, 4) is 5.75 Å². The number of nitrogens with zero attached hydrogens (tertiary/aromatic N) is 1. The average molecular weight is 290 g/mol. The van der Waals surface area contributed by atoms with Gasteiger partial charge in [-0.3, -0.25) is 4.79 Å². The molecule has 1 atom stereocenters. The summed E-state index contributed by atoms with van der Waals surface area (Å²) in [5.41, 5.74) is 2.59. The Balaban J connectivity index is 2.03. The average Bonchev–Trinajstić information content (AvgIpc) is 2.93. The number of carbonyl (C=O) groups is 1. The molecule has 0 saturated heterocycles. The summed E-state index contributed by atoms with van der Waals surface area (Å²) in [5.74, 6) is 0.889. The van der Waals surface area contributed by atoms with Gasteiger partial charge in [-0.15, -0.1) is 0 Å². The van der Waals surface area contributed by atoms with Crippen LogP contribution in [-0.4, -0.2) is 37.6 Å². The van der Waals surface area contributed by atoms with Gasteiger partial charge in [0.15, 0.2) is 6.61 Å². The van der Waals surface area contributed by atoms with Crippen LogP contribution in [0.5, 0.6) is 5.75 Å². The van der Waals surface area contributed by atoms with Crippen molar-refractivity contribution in [3.63, 3.8) is 0 Å². The third kappa shape index (κ3) is 3.76. The number of amides is 1. The smallest absolute Gasteiger partial charge is 0.260 e. The maximum absolute atomic E-state index is 11.8. The van der Waals surface area contributed by atoms with Gasteiger partial charge in [0.25, 0.3) is 5.91 Å². The number of ether oxygens (including phenoxy) is 1. The van der Waals surface area contributed by atoms with Crippen molar-refractivity contribution in [3.05, 3.63) is 29.3 Å². The summed E-state index contributed by atoms with van der Waals surface area (Å²) in [7, 11) is 1.80. The molecular weight excluding hydrogens is 264 g/mol. The molecule has 1 aromatic carbocycles. The molecule has 0 aliphatic heterocycles. The van der Waals surface area contributed by atoms with Crippen LogP contribution in [0.2, 0.25) is 0 Å². The lowest BCUT2D eigenvalue weighted by atomic mass is 10.1. The number of rotatable bonds is 7. The molecule has 0 bridgehead atoms. The minimum absolute atomic E-state index is 0.0220. The molecule has 1 aliphatic rings. The van der Waals surface area contributed by atoms with Gasteiger partial charge >= 0.3 is 0 Å². The minimum atomic E-state index is 0.0220. The van der Waals surface area contributed by atoms with E-state index in [2.05, 4.69) is 18.3 Å². The van der Waals surface area contributed by atoms with E-state index in [-0.39, 0.29) is 12.5 Å². The molecule has 0 radical (unpaired) electrons. The van der Waals surface area contributed by atoms with Crippen LogP contribution >= 0.6 is 0 Å². The molecule has 4 nitrogen and oxygen atoms in total. The molecule has 0 aromatic heterocycles. The van der Waals surface area contributed by atoms with Crippen LogP contribution in [0, 0.1) is 0 Å². The van der Waals surface area contributed by atoms with Crippen LogP contribution in [0.25, 0.3) is 0 Å². The number of nitrogens with one attached hydrogen (secondary N) is 1. The molecule has 1 N–H and O–H groups in total. The number of benzene rings is 1. The molecule has 0 fully saturated rings. The van der Waals surface area contributed by atoms with Crippen molar-refractivity contribution in [2.75, 3.05) is 26.7 Å². The first-order valence-electron chi connectivity index (χ1n) is 7.89. The number of carbonyl (C=O) groups excluding carboxylic acids is 1. The van der Waals surface area contributed by atoms with Crippen molar-refractivity contribution in [2.24, 2.45) is 0 Å². The zero-order valence-corrected chi connectivity index (χ0v) is 13.3. The van der Waals surface area contributed by atoms with Crippen molar-refractivity contribution in [1.82, 2.24) is 10.2 Å². The van der Waals surface area contributed by atoms with Gasteiger partial charge in [0.2, 0.25) is 0 Å². The van der Waals surface area contributed by atoms with E-state index in [1.165, 1.54) is 11.1 Å². The van der Waals surface area contributed by atoms with E-state index >= 15 is 0 Å². The van der Waals surface area contributed by atoms with Crippen LogP contribution in [0.15, 0.2) is 18.2 Å². The number of hydrogen-bond acceptors (Lipinski definition) is 3. The van der Waals surface area contributed by atoms with Gasteiger partial charge in [-0.2, -0.15) is 0 Å². The van der Waals surface area contributed by atoms with E-state index in [1.54, 1.807) is 11.9 Å². The molecule has 0 spiro atoms. The predicted octanol–water partition coefficient (Wildman–Crippen LogP) is 2.53. The van der Waals surface area contributed by atoms with E-state index < -0.39 is 0 Å². The second kappa shape index (κ2) is 7.46. The summed E-state index contributed by atoms with van der Waals surface area (Å²) in [6.07, 6.45) is 3.27. The highest BCUT2D eigenvalue weighted by molar-refractivity contribution is 5.77. The standard InChI is InChI=1S/C17H26N2O2/c1-4-11-18-15-10-9-14-13(15)7-6-8-16(14)21-12-17(20)19(3)5-2/h6-8,15,18H,4-5,9-12H2,1-3H3. The third-order valence-electron chi connectivity index (χ3n) is 4.12. The zero-order valence-electron chi connectivity index (χ0n) is 13.3. The monoisotopic (exact) mass is 290 g/mol. The first-order chi connectivity index (χ1) is 10.2. The Kier molecular flexibility index (Phi) is 5.62. The Morgan fingerprint density at radius 3 is 2.95 bits per heavy atom. The van der Waals surface area contributed by atoms with Gasteiger partial charge < -0.3 is 15.0 Å². The Morgan fingerprint density at radius 1 is 1.43 bits per heavy atom. The lowest BCUT2D eigenvalue weighted by Crippen LogP contribution is -2.31. The van der Waals surface area contributed by atoms with Crippen molar-refractivity contribution in [2.45, 2.75) is 39.2 Å². The fourth-order valence-corrected chi connectivity index (χ4v) is 2.71. The summed E-state index contributed by atoms with van der Waals surface area (Å²) in [4.78, 5) is 13.5. The molecule has 21 heavy (non-hydrogen) atoms. The predicted molar refractivity (Wildman–Crippen MR) is 84.6 cm³/mol. The summed E-state index contributed by atoms with van der Waals surface area (Å²) in [5, 5.41) is 3.58. The topological polar surface area (TPSA) is 41.6 Å². The van der Waals surface area contributed by atoms with E-state index in [0.717, 1.165) is 31.6 Å². The molecule has 1 aliphatic carbocycles. The van der Waals surface area contributed by atoms with E-state index in [0.29, 0.717) is 12.6 Å². The summed E-state index contributed by atoms with van der Waals surface area (Å²) >= 11 is 0. The second-order valence-corrected chi connectivity index (χ2v) is 5.57. The van der Waals surface area contributed by atoms with E-state index in [4.69, 9.17) is 4.74 Å². The Morgan fingerprint density at radius 2 is 2.24 bits per heavy atom. The van der Waals surface area contributed by atoms with Gasteiger partial charge in [0.05, 0.1) is 0 Å². The highest BCUT2D eigenvalue weighted by Gasteiger charge is 2.24. The summed E-state index contributed by atoms with van der Waals surface area (Å²) in [6.45, 7) is 6.00. The fourth-order valence-electron chi connectivity index (χ4n) is 2.71. The minimum Gasteiger partial charge on any atom is -0.483 e. The van der Waals surface area contributed by atoms with Crippen LogP contribution in [0.4, 0.5) is 0 Å². The molecule has 0 heterocycles. The van der Waals surface area contributed by atoms with Crippen LogP contribution in [-0.2, 0) is 11.2 Å². The van der Waals surface area contributed by atoms with Crippen LogP contribution < -0.4 is 10.1 Å². The molecule has 0 saturated carbocycles. The normalized spacial score (nSPS) is 16.6. The van der Waals surface area contributed by atoms with Crippen molar-refractivity contribution in [1.29, 1.82) is 0 Å². The molecule has 4 heteroatoms. The van der Waals surface area contributed by atoms with Gasteiger partial charge in [-0.25, -0.2) is 0 Å². The Labute approximate surface area is 127 Å². The second-order valence-electron chi connectivity index (χ2n) is 5.57. The maximum atomic E-state index is 11.8. The molecular formula is C17H26N2O2. The summed E-state index contributed by atoms with van der Waals surface area (Å²) in [6, 6.07) is 6.59. The highest BCUT2D eigenvalue weighted by atomic mass is 16.5. The third-order valence-corrected chi connectivity index (χ3v) is 4.12. The first kappa shape index (κ1) is 15.8. The van der Waals surface area contributed by atoms with E-state index in [9.17, 15) is 4.79 Å². The molecule has 1 unspecified atom stereocenters. The lowest BCUT2D eigenvalue weighted by Gasteiger charge is -2.17.